The summed E-state index contributed by atoms with van der Waals surface area (Å²) in [7, 11) is 0. The van der Waals surface area contributed by atoms with Gasteiger partial charge in [0.2, 0.25) is 5.91 Å². The third-order valence-corrected chi connectivity index (χ3v) is 4.90. The Kier molecular flexibility index (Phi) is 8.20. The van der Waals surface area contributed by atoms with Gasteiger partial charge in [-0.1, -0.05) is 30.8 Å². The molecule has 3 aromatic rings. The molecular formula is C22H22FN3O5S. The third-order valence-electron chi connectivity index (χ3n) is 4.08. The largest absolute Gasteiger partial charge is 0.478 e. The lowest BCUT2D eigenvalue weighted by atomic mass is 10.2. The molecule has 0 aliphatic carbocycles. The van der Waals surface area contributed by atoms with Gasteiger partial charge in [-0.05, 0) is 49.7 Å². The Labute approximate surface area is 188 Å². The van der Waals surface area contributed by atoms with Crippen molar-refractivity contribution >= 4 is 29.3 Å². The number of para-hydroxylation sites is 1. The number of rotatable bonds is 10. The monoisotopic (exact) mass is 459 g/mol. The van der Waals surface area contributed by atoms with E-state index in [2.05, 4.69) is 15.5 Å². The van der Waals surface area contributed by atoms with Crippen LogP contribution in [0.2, 0.25) is 0 Å². The maximum Gasteiger partial charge on any atom is 0.338 e. The number of hydrogen-bond donors (Lipinski definition) is 1. The number of carbonyl (C=O) groups excluding carboxylic acids is 2. The predicted octanol–water partition coefficient (Wildman–Crippen LogP) is 4.65. The first-order valence-corrected chi connectivity index (χ1v) is 10.9. The van der Waals surface area contributed by atoms with Crippen LogP contribution in [0.15, 0.2) is 58.2 Å². The van der Waals surface area contributed by atoms with Crippen molar-refractivity contribution in [3.63, 3.8) is 0 Å². The average Bonchev–Trinajstić information content (AvgIpc) is 3.27. The summed E-state index contributed by atoms with van der Waals surface area (Å²) in [5.74, 6) is -0.897. The van der Waals surface area contributed by atoms with Gasteiger partial charge in [0.15, 0.2) is 17.7 Å². The predicted molar refractivity (Wildman–Crippen MR) is 116 cm³/mol. The number of esters is 1. The van der Waals surface area contributed by atoms with Crippen LogP contribution >= 0.6 is 11.8 Å². The number of halogens is 1. The zero-order valence-corrected chi connectivity index (χ0v) is 18.4. The first-order chi connectivity index (χ1) is 15.5. The highest BCUT2D eigenvalue weighted by Crippen LogP contribution is 2.25. The number of hydrogen-bond acceptors (Lipinski definition) is 8. The minimum absolute atomic E-state index is 0.0322. The third kappa shape index (κ3) is 6.55. The van der Waals surface area contributed by atoms with Crippen molar-refractivity contribution in [3.8, 4) is 5.75 Å². The molecule has 1 aromatic heterocycles. The van der Waals surface area contributed by atoms with Crippen LogP contribution in [0.1, 0.15) is 42.6 Å². The van der Waals surface area contributed by atoms with Crippen LogP contribution in [-0.2, 0) is 9.53 Å². The van der Waals surface area contributed by atoms with E-state index in [0.29, 0.717) is 17.9 Å². The molecule has 1 amide bonds. The SMILES string of the molecule is CCCOC(=O)c1ccc(NC(=O)CSc2nnc(C(C)Oc3ccccc3F)o2)cc1. The standard InChI is InChI=1S/C22H22FN3O5S/c1-3-12-29-21(28)15-8-10-16(11-9-15)24-19(27)13-32-22-26-25-20(31-22)14(2)30-18-7-5-4-6-17(18)23/h4-11,14H,3,12-13H2,1-2H3,(H,24,27). The molecule has 168 valence electrons. The normalized spacial score (nSPS) is 11.6. The van der Waals surface area contributed by atoms with Crippen LogP contribution in [0, 0.1) is 5.82 Å². The fourth-order valence-corrected chi connectivity index (χ4v) is 3.09. The Morgan fingerprint density at radius 3 is 2.62 bits per heavy atom. The average molecular weight is 459 g/mol. The summed E-state index contributed by atoms with van der Waals surface area (Å²) >= 11 is 1.06. The van der Waals surface area contributed by atoms with E-state index in [1.165, 1.54) is 12.1 Å². The number of aromatic nitrogens is 2. The molecule has 0 aliphatic heterocycles. The molecule has 0 saturated heterocycles. The first kappa shape index (κ1) is 23.3. The fourth-order valence-electron chi connectivity index (χ4n) is 2.52. The van der Waals surface area contributed by atoms with Crippen molar-refractivity contribution in [1.82, 2.24) is 10.2 Å². The second kappa shape index (κ2) is 11.3. The first-order valence-electron chi connectivity index (χ1n) is 9.90. The maximum absolute atomic E-state index is 13.7. The lowest BCUT2D eigenvalue weighted by molar-refractivity contribution is -0.113. The molecule has 0 spiro atoms. The van der Waals surface area contributed by atoms with Crippen molar-refractivity contribution in [3.05, 3.63) is 65.8 Å². The fraction of sp³-hybridized carbons (Fsp3) is 0.273. The van der Waals surface area contributed by atoms with Crippen LogP contribution in [0.5, 0.6) is 5.75 Å². The summed E-state index contributed by atoms with van der Waals surface area (Å²) in [6.07, 6.45) is 0.0847. The molecule has 1 atom stereocenters. The summed E-state index contributed by atoms with van der Waals surface area (Å²) in [5, 5.41) is 10.7. The lowest BCUT2D eigenvalue weighted by Gasteiger charge is -2.11. The minimum Gasteiger partial charge on any atom is -0.478 e. The number of anilines is 1. The van der Waals surface area contributed by atoms with E-state index in [1.807, 2.05) is 6.92 Å². The molecule has 0 saturated carbocycles. The van der Waals surface area contributed by atoms with Gasteiger partial charge in [0.05, 0.1) is 17.9 Å². The van der Waals surface area contributed by atoms with Gasteiger partial charge in [-0.25, -0.2) is 9.18 Å². The topological polar surface area (TPSA) is 104 Å². The van der Waals surface area contributed by atoms with Crippen LogP contribution in [0.25, 0.3) is 0 Å². The van der Waals surface area contributed by atoms with E-state index in [0.717, 1.165) is 18.2 Å². The second-order valence-electron chi connectivity index (χ2n) is 6.65. The van der Waals surface area contributed by atoms with E-state index in [9.17, 15) is 14.0 Å². The Hall–Kier alpha value is -3.40. The van der Waals surface area contributed by atoms with Crippen molar-refractivity contribution in [2.24, 2.45) is 0 Å². The molecule has 2 aromatic carbocycles. The molecule has 1 heterocycles. The highest BCUT2D eigenvalue weighted by Gasteiger charge is 2.18. The minimum atomic E-state index is -0.662. The van der Waals surface area contributed by atoms with Gasteiger partial charge in [0, 0.05) is 5.69 Å². The van der Waals surface area contributed by atoms with Gasteiger partial charge >= 0.3 is 5.97 Å². The van der Waals surface area contributed by atoms with Crippen molar-refractivity contribution < 1.29 is 27.9 Å². The molecule has 8 nitrogen and oxygen atoms in total. The Morgan fingerprint density at radius 2 is 1.91 bits per heavy atom. The van der Waals surface area contributed by atoms with Crippen molar-refractivity contribution in [2.75, 3.05) is 17.7 Å². The zero-order chi connectivity index (χ0) is 22.9. The number of amides is 1. The molecule has 0 radical (unpaired) electrons. The summed E-state index contributed by atoms with van der Waals surface area (Å²) in [5.41, 5.74) is 0.955. The summed E-state index contributed by atoms with van der Waals surface area (Å²) < 4.78 is 29.8. The molecule has 1 N–H and O–H groups in total. The van der Waals surface area contributed by atoms with Gasteiger partial charge in [0.1, 0.15) is 0 Å². The zero-order valence-electron chi connectivity index (χ0n) is 17.5. The molecular weight excluding hydrogens is 437 g/mol. The highest BCUT2D eigenvalue weighted by atomic mass is 32.2. The van der Waals surface area contributed by atoms with Crippen LogP contribution in [0.3, 0.4) is 0 Å². The number of nitrogens with one attached hydrogen (secondary N) is 1. The van der Waals surface area contributed by atoms with E-state index in [1.54, 1.807) is 43.3 Å². The van der Waals surface area contributed by atoms with E-state index >= 15 is 0 Å². The van der Waals surface area contributed by atoms with Gasteiger partial charge in [-0.3, -0.25) is 4.79 Å². The maximum atomic E-state index is 13.7. The van der Waals surface area contributed by atoms with Gasteiger partial charge in [-0.15, -0.1) is 10.2 Å². The molecule has 0 aliphatic rings. The number of thioether (sulfide) groups is 1. The number of ether oxygens (including phenoxy) is 2. The Morgan fingerprint density at radius 1 is 1.16 bits per heavy atom. The van der Waals surface area contributed by atoms with Gasteiger partial charge < -0.3 is 19.2 Å². The number of nitrogens with zero attached hydrogens (tertiary/aromatic N) is 2. The molecule has 32 heavy (non-hydrogen) atoms. The van der Waals surface area contributed by atoms with Gasteiger partial charge in [0.25, 0.3) is 11.1 Å². The highest BCUT2D eigenvalue weighted by molar-refractivity contribution is 7.99. The molecule has 0 bridgehead atoms. The number of carbonyl (C=O) groups is 2. The Bertz CT molecular complexity index is 1060. The quantitative estimate of drug-likeness (QED) is 0.345. The van der Waals surface area contributed by atoms with Crippen LogP contribution < -0.4 is 10.1 Å². The molecule has 10 heteroatoms. The summed E-state index contributed by atoms with van der Waals surface area (Å²) in [4.78, 5) is 24.0. The smallest absolute Gasteiger partial charge is 0.338 e. The van der Waals surface area contributed by atoms with E-state index < -0.39 is 17.9 Å². The summed E-state index contributed by atoms with van der Waals surface area (Å²) in [6.45, 7) is 3.93. The van der Waals surface area contributed by atoms with Crippen molar-refractivity contribution in [2.45, 2.75) is 31.6 Å². The molecule has 0 fully saturated rings. The van der Waals surface area contributed by atoms with Crippen molar-refractivity contribution in [1.29, 1.82) is 0 Å². The van der Waals surface area contributed by atoms with E-state index in [4.69, 9.17) is 13.9 Å². The Balaban J connectivity index is 1.47. The lowest BCUT2D eigenvalue weighted by Crippen LogP contribution is -2.14. The second-order valence-corrected chi connectivity index (χ2v) is 7.57. The van der Waals surface area contributed by atoms with E-state index in [-0.39, 0.29) is 28.5 Å². The van der Waals surface area contributed by atoms with Crippen LogP contribution in [0.4, 0.5) is 10.1 Å². The van der Waals surface area contributed by atoms with Gasteiger partial charge in [-0.2, -0.15) is 0 Å². The molecule has 1 unspecified atom stereocenters. The number of benzene rings is 2. The van der Waals surface area contributed by atoms with Crippen LogP contribution in [-0.4, -0.2) is 34.4 Å². The molecule has 3 rings (SSSR count). The summed E-state index contributed by atoms with van der Waals surface area (Å²) in [6, 6.07) is 12.4.